The molecule has 0 aliphatic carbocycles. The third-order valence-electron chi connectivity index (χ3n) is 3.64. The zero-order valence-corrected chi connectivity index (χ0v) is 13.8. The summed E-state index contributed by atoms with van der Waals surface area (Å²) in [6, 6.07) is 16.8. The van der Waals surface area contributed by atoms with Crippen LogP contribution < -0.4 is 4.72 Å². The van der Waals surface area contributed by atoms with Crippen LogP contribution in [0.5, 0.6) is 0 Å². The van der Waals surface area contributed by atoms with Crippen LogP contribution in [-0.2, 0) is 10.0 Å². The Hall–Kier alpha value is -3.19. The van der Waals surface area contributed by atoms with E-state index in [9.17, 15) is 8.42 Å². The van der Waals surface area contributed by atoms with E-state index >= 15 is 0 Å². The Labute approximate surface area is 144 Å². The number of hydrogen-bond acceptors (Lipinski definition) is 5. The second-order valence-corrected chi connectivity index (χ2v) is 7.01. The zero-order valence-electron chi connectivity index (χ0n) is 13.0. The monoisotopic (exact) mass is 351 g/mol. The molecule has 7 heteroatoms. The van der Waals surface area contributed by atoms with Gasteiger partial charge in [0.05, 0.1) is 10.6 Å². The van der Waals surface area contributed by atoms with Crippen LogP contribution in [0.15, 0.2) is 82.4 Å². The van der Waals surface area contributed by atoms with E-state index in [1.54, 1.807) is 60.9 Å². The topological polar surface area (TPSA) is 85.1 Å². The Morgan fingerprint density at radius 3 is 2.40 bits per heavy atom. The highest BCUT2D eigenvalue weighted by molar-refractivity contribution is 7.92. The molecule has 2 aromatic heterocycles. The van der Waals surface area contributed by atoms with Crippen LogP contribution >= 0.6 is 0 Å². The average Bonchev–Trinajstić information content (AvgIpc) is 3.08. The minimum atomic E-state index is -3.70. The molecule has 2 aromatic carbocycles. The largest absolute Gasteiger partial charge is 0.436 e. The average molecular weight is 351 g/mol. The first kappa shape index (κ1) is 15.3. The molecule has 0 atom stereocenters. The van der Waals surface area contributed by atoms with Crippen molar-refractivity contribution in [2.45, 2.75) is 4.90 Å². The molecule has 0 saturated heterocycles. The van der Waals surface area contributed by atoms with E-state index < -0.39 is 10.0 Å². The van der Waals surface area contributed by atoms with Crippen molar-refractivity contribution in [3.05, 3.63) is 73.1 Å². The van der Waals surface area contributed by atoms with E-state index in [1.807, 2.05) is 0 Å². The Morgan fingerprint density at radius 2 is 1.64 bits per heavy atom. The minimum Gasteiger partial charge on any atom is -0.436 e. The lowest BCUT2D eigenvalue weighted by Crippen LogP contribution is -2.13. The first-order valence-electron chi connectivity index (χ1n) is 7.51. The van der Waals surface area contributed by atoms with Crippen LogP contribution in [0, 0.1) is 0 Å². The quantitative estimate of drug-likeness (QED) is 0.606. The van der Waals surface area contributed by atoms with Crippen molar-refractivity contribution in [3.8, 4) is 11.5 Å². The summed E-state index contributed by atoms with van der Waals surface area (Å²) in [6.45, 7) is 0. The first-order valence-corrected chi connectivity index (χ1v) is 9.00. The molecule has 0 fully saturated rings. The van der Waals surface area contributed by atoms with Crippen LogP contribution in [0.4, 0.5) is 5.69 Å². The van der Waals surface area contributed by atoms with E-state index in [-0.39, 0.29) is 4.90 Å². The highest BCUT2D eigenvalue weighted by Gasteiger charge is 2.17. The summed E-state index contributed by atoms with van der Waals surface area (Å²) < 4.78 is 33.4. The SMILES string of the molecule is O=S(=O)(Nc1cccc2oc(-c3ccncc3)nc12)c1ccccc1. The fourth-order valence-corrected chi connectivity index (χ4v) is 3.54. The van der Waals surface area contributed by atoms with Gasteiger partial charge in [0.1, 0.15) is 5.52 Å². The van der Waals surface area contributed by atoms with Gasteiger partial charge in [0.25, 0.3) is 10.0 Å². The molecule has 6 nitrogen and oxygen atoms in total. The molecule has 2 heterocycles. The molecular formula is C18H13N3O3S. The van der Waals surface area contributed by atoms with Crippen molar-refractivity contribution < 1.29 is 12.8 Å². The smallest absolute Gasteiger partial charge is 0.261 e. The number of rotatable bonds is 4. The first-order chi connectivity index (χ1) is 12.1. The molecule has 0 aliphatic rings. The van der Waals surface area contributed by atoms with Gasteiger partial charge in [-0.1, -0.05) is 24.3 Å². The van der Waals surface area contributed by atoms with Gasteiger partial charge >= 0.3 is 0 Å². The molecule has 25 heavy (non-hydrogen) atoms. The summed E-state index contributed by atoms with van der Waals surface area (Å²) in [5.74, 6) is 0.406. The number of fused-ring (bicyclic) bond motifs is 1. The Balaban J connectivity index is 1.77. The van der Waals surface area contributed by atoms with Gasteiger partial charge in [0, 0.05) is 18.0 Å². The van der Waals surface area contributed by atoms with Crippen molar-refractivity contribution in [2.24, 2.45) is 0 Å². The maximum absolute atomic E-state index is 12.5. The lowest BCUT2D eigenvalue weighted by molar-refractivity contribution is 0.601. The summed E-state index contributed by atoms with van der Waals surface area (Å²) in [5, 5.41) is 0. The number of pyridine rings is 1. The van der Waals surface area contributed by atoms with E-state index in [1.165, 1.54) is 12.1 Å². The second-order valence-electron chi connectivity index (χ2n) is 5.33. The van der Waals surface area contributed by atoms with Crippen molar-refractivity contribution in [1.29, 1.82) is 0 Å². The van der Waals surface area contributed by atoms with Crippen molar-refractivity contribution in [2.75, 3.05) is 4.72 Å². The third-order valence-corrected chi connectivity index (χ3v) is 5.03. The lowest BCUT2D eigenvalue weighted by atomic mass is 10.3. The predicted octanol–water partition coefficient (Wildman–Crippen LogP) is 3.69. The van der Waals surface area contributed by atoms with Crippen LogP contribution in [0.3, 0.4) is 0 Å². The maximum atomic E-state index is 12.5. The number of sulfonamides is 1. The Morgan fingerprint density at radius 1 is 0.880 bits per heavy atom. The van der Waals surface area contributed by atoms with Gasteiger partial charge in [-0.25, -0.2) is 13.4 Å². The number of anilines is 1. The predicted molar refractivity (Wildman–Crippen MR) is 94.5 cm³/mol. The summed E-state index contributed by atoms with van der Waals surface area (Å²) >= 11 is 0. The normalized spacial score (nSPS) is 11.5. The molecular weight excluding hydrogens is 338 g/mol. The van der Waals surface area contributed by atoms with Crippen LogP contribution in [0.2, 0.25) is 0 Å². The molecule has 0 bridgehead atoms. The molecule has 0 spiro atoms. The molecule has 0 aliphatic heterocycles. The van der Waals surface area contributed by atoms with Gasteiger partial charge in [-0.15, -0.1) is 0 Å². The van der Waals surface area contributed by atoms with Gasteiger partial charge in [0.2, 0.25) is 5.89 Å². The number of hydrogen-bond donors (Lipinski definition) is 1. The molecule has 0 saturated carbocycles. The number of nitrogens with one attached hydrogen (secondary N) is 1. The fraction of sp³-hybridized carbons (Fsp3) is 0. The van der Waals surface area contributed by atoms with E-state index in [0.717, 1.165) is 5.56 Å². The van der Waals surface area contributed by atoms with Crippen LogP contribution in [-0.4, -0.2) is 18.4 Å². The van der Waals surface area contributed by atoms with Gasteiger partial charge in [-0.2, -0.15) is 0 Å². The molecule has 4 rings (SSSR count). The molecule has 1 N–H and O–H groups in total. The molecule has 4 aromatic rings. The number of benzene rings is 2. The van der Waals surface area contributed by atoms with E-state index in [4.69, 9.17) is 4.42 Å². The van der Waals surface area contributed by atoms with Crippen LogP contribution in [0.1, 0.15) is 0 Å². The number of aromatic nitrogens is 2. The van der Waals surface area contributed by atoms with Crippen molar-refractivity contribution in [1.82, 2.24) is 9.97 Å². The van der Waals surface area contributed by atoms with Gasteiger partial charge in [-0.05, 0) is 36.4 Å². The van der Waals surface area contributed by atoms with Crippen LogP contribution in [0.25, 0.3) is 22.6 Å². The third kappa shape index (κ3) is 2.97. The van der Waals surface area contributed by atoms with Crippen molar-refractivity contribution >= 4 is 26.8 Å². The molecule has 124 valence electrons. The lowest BCUT2D eigenvalue weighted by Gasteiger charge is -2.07. The highest BCUT2D eigenvalue weighted by atomic mass is 32.2. The maximum Gasteiger partial charge on any atom is 0.261 e. The Kier molecular flexibility index (Phi) is 3.70. The highest BCUT2D eigenvalue weighted by Crippen LogP contribution is 2.29. The number of para-hydroxylation sites is 1. The number of nitrogens with zero attached hydrogens (tertiary/aromatic N) is 2. The standard InChI is InChI=1S/C18H13N3O3S/c22-25(23,14-5-2-1-3-6-14)21-15-7-4-8-16-17(15)20-18(24-16)13-9-11-19-12-10-13/h1-12,21H. The summed E-state index contributed by atoms with van der Waals surface area (Å²) in [6.07, 6.45) is 3.28. The minimum absolute atomic E-state index is 0.185. The summed E-state index contributed by atoms with van der Waals surface area (Å²) in [4.78, 5) is 8.59. The number of oxazole rings is 1. The summed E-state index contributed by atoms with van der Waals surface area (Å²) in [7, 11) is -3.70. The molecule has 0 unspecified atom stereocenters. The molecule has 0 radical (unpaired) electrons. The van der Waals surface area contributed by atoms with Crippen molar-refractivity contribution in [3.63, 3.8) is 0 Å². The van der Waals surface area contributed by atoms with Gasteiger partial charge in [-0.3, -0.25) is 9.71 Å². The second kappa shape index (κ2) is 6.03. The van der Waals surface area contributed by atoms with E-state index in [0.29, 0.717) is 22.7 Å². The molecule has 0 amide bonds. The van der Waals surface area contributed by atoms with Gasteiger partial charge in [0.15, 0.2) is 5.58 Å². The Bertz CT molecular complexity index is 1120. The summed E-state index contributed by atoms with van der Waals surface area (Å²) in [5.41, 5.74) is 2.09. The van der Waals surface area contributed by atoms with E-state index in [2.05, 4.69) is 14.7 Å². The fourth-order valence-electron chi connectivity index (χ4n) is 2.45. The van der Waals surface area contributed by atoms with Gasteiger partial charge < -0.3 is 4.42 Å². The zero-order chi connectivity index (χ0) is 17.3.